The Bertz CT molecular complexity index is 874. The molecule has 2 aromatic carbocycles. The summed E-state index contributed by atoms with van der Waals surface area (Å²) in [5.41, 5.74) is 4.03. The third-order valence-electron chi connectivity index (χ3n) is 4.42. The minimum atomic E-state index is -0.189. The number of imidazole rings is 1. The summed E-state index contributed by atoms with van der Waals surface area (Å²) in [6.07, 6.45) is 6.29. The number of hydrogen-bond acceptors (Lipinski definition) is 3. The van der Waals surface area contributed by atoms with Crippen LogP contribution in [0.25, 0.3) is 5.69 Å². The highest BCUT2D eigenvalue weighted by Gasteiger charge is 2.23. The number of rotatable bonds is 4. The molecule has 1 unspecified atom stereocenters. The van der Waals surface area contributed by atoms with Gasteiger partial charge in [-0.1, -0.05) is 36.4 Å². The number of amides is 1. The number of carbonyl (C=O) groups is 1. The van der Waals surface area contributed by atoms with Gasteiger partial charge in [-0.05, 0) is 29.7 Å². The molecular weight excluding hydrogens is 314 g/mol. The largest absolute Gasteiger partial charge is 0.373 e. The fourth-order valence-electron chi connectivity index (χ4n) is 3.22. The third-order valence-corrected chi connectivity index (χ3v) is 4.42. The second-order valence-electron chi connectivity index (χ2n) is 6.05. The second-order valence-corrected chi connectivity index (χ2v) is 6.05. The van der Waals surface area contributed by atoms with Crippen molar-refractivity contribution < 1.29 is 9.53 Å². The highest BCUT2D eigenvalue weighted by atomic mass is 16.5. The fraction of sp³-hybridized carbons (Fsp3) is 0.200. The molecule has 1 aromatic heterocycles. The molecule has 0 saturated carbocycles. The quantitative estimate of drug-likeness (QED) is 0.795. The average molecular weight is 333 g/mol. The molecule has 2 heterocycles. The number of nitrogens with zero attached hydrogens (tertiary/aromatic N) is 2. The first-order valence-electron chi connectivity index (χ1n) is 8.38. The van der Waals surface area contributed by atoms with Gasteiger partial charge in [0.05, 0.1) is 36.8 Å². The number of aromatic nitrogens is 2. The van der Waals surface area contributed by atoms with Crippen LogP contribution < -0.4 is 5.32 Å². The first-order chi connectivity index (χ1) is 12.3. The van der Waals surface area contributed by atoms with E-state index in [1.807, 2.05) is 53.2 Å². The molecule has 0 spiro atoms. The van der Waals surface area contributed by atoms with E-state index in [-0.39, 0.29) is 12.0 Å². The number of anilines is 1. The average Bonchev–Trinajstić information content (AvgIpc) is 3.17. The first-order valence-corrected chi connectivity index (χ1v) is 8.38. The highest BCUT2D eigenvalue weighted by molar-refractivity contribution is 5.93. The van der Waals surface area contributed by atoms with Crippen molar-refractivity contribution in [1.82, 2.24) is 9.55 Å². The molecule has 5 nitrogen and oxygen atoms in total. The normalized spacial score (nSPS) is 16.2. The zero-order chi connectivity index (χ0) is 17.1. The molecule has 4 rings (SSSR count). The van der Waals surface area contributed by atoms with Gasteiger partial charge in [0.25, 0.3) is 0 Å². The van der Waals surface area contributed by atoms with E-state index in [0.29, 0.717) is 13.0 Å². The summed E-state index contributed by atoms with van der Waals surface area (Å²) in [5.74, 6) is -0.0609. The minimum absolute atomic E-state index is 0.0609. The van der Waals surface area contributed by atoms with Gasteiger partial charge in [-0.3, -0.25) is 4.79 Å². The number of nitrogens with one attached hydrogen (secondary N) is 1. The zero-order valence-electron chi connectivity index (χ0n) is 13.8. The van der Waals surface area contributed by atoms with Gasteiger partial charge in [-0.15, -0.1) is 0 Å². The Labute approximate surface area is 146 Å². The van der Waals surface area contributed by atoms with Crippen LogP contribution in [0.4, 0.5) is 5.69 Å². The first kappa shape index (κ1) is 15.6. The van der Waals surface area contributed by atoms with Gasteiger partial charge in [0, 0.05) is 12.4 Å². The Morgan fingerprint density at radius 3 is 2.92 bits per heavy atom. The summed E-state index contributed by atoms with van der Waals surface area (Å²) < 4.78 is 7.72. The Morgan fingerprint density at radius 2 is 2.04 bits per heavy atom. The Hall–Kier alpha value is -2.92. The second kappa shape index (κ2) is 6.91. The van der Waals surface area contributed by atoms with E-state index in [9.17, 15) is 4.79 Å². The van der Waals surface area contributed by atoms with Gasteiger partial charge in [0.2, 0.25) is 5.91 Å². The lowest BCUT2D eigenvalue weighted by Gasteiger charge is -2.25. The van der Waals surface area contributed by atoms with Crippen molar-refractivity contribution in [3.63, 3.8) is 0 Å². The monoisotopic (exact) mass is 333 g/mol. The van der Waals surface area contributed by atoms with E-state index in [0.717, 1.165) is 23.4 Å². The number of benzene rings is 2. The fourth-order valence-corrected chi connectivity index (χ4v) is 3.22. The molecule has 0 saturated heterocycles. The topological polar surface area (TPSA) is 56.1 Å². The van der Waals surface area contributed by atoms with Crippen molar-refractivity contribution in [1.29, 1.82) is 0 Å². The van der Waals surface area contributed by atoms with Gasteiger partial charge < -0.3 is 14.6 Å². The Balaban J connectivity index is 1.51. The third kappa shape index (κ3) is 3.32. The van der Waals surface area contributed by atoms with Crippen LogP contribution in [0, 0.1) is 0 Å². The summed E-state index contributed by atoms with van der Waals surface area (Å²) in [4.78, 5) is 16.7. The minimum Gasteiger partial charge on any atom is -0.373 e. The SMILES string of the molecule is O=C(CC1OCCc2ccccc21)Nc1ccccc1-n1ccnc1. The Morgan fingerprint density at radius 1 is 1.20 bits per heavy atom. The van der Waals surface area contributed by atoms with Gasteiger partial charge in [-0.25, -0.2) is 4.98 Å². The standard InChI is InChI=1S/C20H19N3O2/c24-20(13-19-16-6-2-1-5-15(16)9-12-25-19)22-17-7-3-4-8-18(17)23-11-10-21-14-23/h1-8,10-11,14,19H,9,12-13H2,(H,22,24). The number of carbonyl (C=O) groups excluding carboxylic acids is 1. The predicted octanol–water partition coefficient (Wildman–Crippen LogP) is 3.51. The molecule has 1 aliphatic rings. The van der Waals surface area contributed by atoms with Crippen molar-refractivity contribution in [3.8, 4) is 5.69 Å². The lowest BCUT2D eigenvalue weighted by Crippen LogP contribution is -2.22. The number of fused-ring (bicyclic) bond motifs is 1. The van der Waals surface area contributed by atoms with Crippen LogP contribution >= 0.6 is 0 Å². The summed E-state index contributed by atoms with van der Waals surface area (Å²) in [5, 5.41) is 3.01. The van der Waals surface area contributed by atoms with E-state index in [2.05, 4.69) is 16.4 Å². The van der Waals surface area contributed by atoms with Crippen molar-refractivity contribution in [2.24, 2.45) is 0 Å². The summed E-state index contributed by atoms with van der Waals surface area (Å²) in [7, 11) is 0. The molecular formula is C20H19N3O2. The molecule has 0 radical (unpaired) electrons. The molecule has 1 N–H and O–H groups in total. The van der Waals surface area contributed by atoms with Crippen LogP contribution in [0.3, 0.4) is 0 Å². The van der Waals surface area contributed by atoms with Crippen LogP contribution in [0.1, 0.15) is 23.7 Å². The Kier molecular flexibility index (Phi) is 4.31. The number of hydrogen-bond donors (Lipinski definition) is 1. The van der Waals surface area contributed by atoms with E-state index in [4.69, 9.17) is 4.74 Å². The highest BCUT2D eigenvalue weighted by Crippen LogP contribution is 2.30. The molecule has 1 aliphatic heterocycles. The summed E-state index contributed by atoms with van der Waals surface area (Å²) in [6, 6.07) is 15.9. The van der Waals surface area contributed by atoms with Crippen LogP contribution in [-0.2, 0) is 16.0 Å². The van der Waals surface area contributed by atoms with E-state index >= 15 is 0 Å². The van der Waals surface area contributed by atoms with Gasteiger partial charge in [0.15, 0.2) is 0 Å². The molecule has 1 amide bonds. The van der Waals surface area contributed by atoms with Gasteiger partial charge in [-0.2, -0.15) is 0 Å². The lowest BCUT2D eigenvalue weighted by atomic mass is 9.95. The maximum absolute atomic E-state index is 12.6. The molecule has 126 valence electrons. The number of para-hydroxylation sites is 2. The molecule has 0 aliphatic carbocycles. The molecule has 3 aromatic rings. The van der Waals surface area contributed by atoms with E-state index < -0.39 is 0 Å². The molecule has 0 bridgehead atoms. The van der Waals surface area contributed by atoms with Crippen molar-refractivity contribution in [2.75, 3.05) is 11.9 Å². The maximum Gasteiger partial charge on any atom is 0.227 e. The van der Waals surface area contributed by atoms with Crippen LogP contribution in [0.15, 0.2) is 67.3 Å². The van der Waals surface area contributed by atoms with Crippen molar-refractivity contribution >= 4 is 11.6 Å². The van der Waals surface area contributed by atoms with Crippen molar-refractivity contribution in [3.05, 3.63) is 78.4 Å². The van der Waals surface area contributed by atoms with E-state index in [1.165, 1.54) is 5.56 Å². The lowest BCUT2D eigenvalue weighted by molar-refractivity contribution is -0.119. The smallest absolute Gasteiger partial charge is 0.227 e. The van der Waals surface area contributed by atoms with E-state index in [1.54, 1.807) is 12.5 Å². The van der Waals surface area contributed by atoms with Gasteiger partial charge >= 0.3 is 0 Å². The molecule has 25 heavy (non-hydrogen) atoms. The summed E-state index contributed by atoms with van der Waals surface area (Å²) >= 11 is 0. The zero-order valence-corrected chi connectivity index (χ0v) is 13.8. The van der Waals surface area contributed by atoms with Crippen LogP contribution in [0.5, 0.6) is 0 Å². The molecule has 1 atom stereocenters. The van der Waals surface area contributed by atoms with Crippen LogP contribution in [0.2, 0.25) is 0 Å². The molecule has 0 fully saturated rings. The summed E-state index contributed by atoms with van der Waals surface area (Å²) in [6.45, 7) is 0.653. The van der Waals surface area contributed by atoms with Crippen LogP contribution in [-0.4, -0.2) is 22.1 Å². The predicted molar refractivity (Wildman–Crippen MR) is 95.6 cm³/mol. The molecule has 5 heteroatoms. The van der Waals surface area contributed by atoms with Crippen molar-refractivity contribution in [2.45, 2.75) is 18.9 Å². The van der Waals surface area contributed by atoms with Gasteiger partial charge in [0.1, 0.15) is 0 Å². The maximum atomic E-state index is 12.6. The number of ether oxygens (including phenoxy) is 1.